The van der Waals surface area contributed by atoms with E-state index in [0.717, 1.165) is 11.1 Å². The summed E-state index contributed by atoms with van der Waals surface area (Å²) in [5.41, 5.74) is 1.79. The van der Waals surface area contributed by atoms with Crippen LogP contribution in [0.5, 0.6) is 0 Å². The van der Waals surface area contributed by atoms with E-state index in [1.54, 1.807) is 13.0 Å². The highest BCUT2D eigenvalue weighted by Gasteiger charge is 2.26. The van der Waals surface area contributed by atoms with Gasteiger partial charge in [-0.05, 0) is 25.0 Å². The number of rotatable bonds is 9. The van der Waals surface area contributed by atoms with Crippen LogP contribution in [0.3, 0.4) is 0 Å². The minimum Gasteiger partial charge on any atom is -0.368 e. The van der Waals surface area contributed by atoms with E-state index in [-0.39, 0.29) is 11.7 Å². The third kappa shape index (κ3) is 6.21. The molecule has 4 nitrogen and oxygen atoms in total. The van der Waals surface area contributed by atoms with Crippen LogP contribution in [0.1, 0.15) is 39.7 Å². The number of sulfone groups is 1. The van der Waals surface area contributed by atoms with Crippen molar-refractivity contribution in [2.75, 3.05) is 6.26 Å². The Morgan fingerprint density at radius 3 is 2.29 bits per heavy atom. The first-order valence-corrected chi connectivity index (χ1v) is 10.2. The average Bonchev–Trinajstić information content (AvgIpc) is 2.54. The first-order valence-electron chi connectivity index (χ1n) is 8.22. The maximum Gasteiger partial charge on any atom is 0.153 e. The second-order valence-electron chi connectivity index (χ2n) is 6.27. The second-order valence-corrected chi connectivity index (χ2v) is 8.67. The Bertz CT molecular complexity index is 662. The van der Waals surface area contributed by atoms with Gasteiger partial charge < -0.3 is 4.74 Å². The van der Waals surface area contributed by atoms with Crippen molar-refractivity contribution in [1.82, 2.24) is 0 Å². The average molecular weight is 352 g/mol. The lowest BCUT2D eigenvalue weighted by Crippen LogP contribution is -2.30. The summed E-state index contributed by atoms with van der Waals surface area (Å²) in [6.07, 6.45) is 2.90. The predicted molar refractivity (Wildman–Crippen MR) is 97.5 cm³/mol. The van der Waals surface area contributed by atoms with E-state index < -0.39 is 21.2 Å². The number of Topliss-reactive ketones (excluding diaryl/α,β-unsaturated/α-hetero) is 1. The van der Waals surface area contributed by atoms with E-state index >= 15 is 0 Å². The number of carbonyl (C=O) groups excluding carboxylic acids is 1. The fraction of sp³-hybridized carbons (Fsp3) is 0.526. The van der Waals surface area contributed by atoms with Crippen molar-refractivity contribution in [2.24, 2.45) is 5.92 Å². The monoisotopic (exact) mass is 352 g/mol. The lowest BCUT2D eigenvalue weighted by molar-refractivity contribution is -0.126. The molecule has 1 rings (SSSR count). The van der Waals surface area contributed by atoms with E-state index in [4.69, 9.17) is 4.74 Å². The molecular weight excluding hydrogens is 324 g/mol. The number of benzene rings is 1. The van der Waals surface area contributed by atoms with Crippen LogP contribution in [0, 0.1) is 5.92 Å². The van der Waals surface area contributed by atoms with Gasteiger partial charge in [0.2, 0.25) is 0 Å². The third-order valence-electron chi connectivity index (χ3n) is 4.20. The van der Waals surface area contributed by atoms with Gasteiger partial charge in [-0.15, -0.1) is 0 Å². The number of carbonyl (C=O) groups is 1. The Morgan fingerprint density at radius 1 is 1.21 bits per heavy atom. The molecule has 0 radical (unpaired) electrons. The van der Waals surface area contributed by atoms with Gasteiger partial charge in [0.25, 0.3) is 0 Å². The standard InChI is InChI=1S/C19H28O4S/c1-6-18(20)16(4)19(14(2)12-15(3)24(5,21)22)23-13-17-10-8-7-9-11-17/h7-12,15-16,19H,6,13H2,1-5H3/b14-12+/t15-,16+,19-/m0/s1. The van der Waals surface area contributed by atoms with Gasteiger partial charge >= 0.3 is 0 Å². The van der Waals surface area contributed by atoms with E-state index in [1.165, 1.54) is 6.26 Å². The molecule has 0 aliphatic rings. The third-order valence-corrected chi connectivity index (χ3v) is 5.69. The number of ketones is 1. The summed E-state index contributed by atoms with van der Waals surface area (Å²) in [6, 6.07) is 9.72. The smallest absolute Gasteiger partial charge is 0.153 e. The summed E-state index contributed by atoms with van der Waals surface area (Å²) < 4.78 is 29.4. The van der Waals surface area contributed by atoms with Crippen LogP contribution in [0.25, 0.3) is 0 Å². The number of hydrogen-bond acceptors (Lipinski definition) is 4. The van der Waals surface area contributed by atoms with Gasteiger partial charge in [-0.25, -0.2) is 8.42 Å². The van der Waals surface area contributed by atoms with Gasteiger partial charge in [0.1, 0.15) is 5.78 Å². The van der Waals surface area contributed by atoms with E-state index in [0.29, 0.717) is 13.0 Å². The highest BCUT2D eigenvalue weighted by atomic mass is 32.2. The zero-order chi connectivity index (χ0) is 18.3. The van der Waals surface area contributed by atoms with Crippen molar-refractivity contribution in [3.63, 3.8) is 0 Å². The number of ether oxygens (including phenoxy) is 1. The molecule has 1 aromatic rings. The Morgan fingerprint density at radius 2 is 1.79 bits per heavy atom. The van der Waals surface area contributed by atoms with Crippen LogP contribution in [-0.2, 0) is 26.0 Å². The van der Waals surface area contributed by atoms with Gasteiger partial charge in [-0.3, -0.25) is 4.79 Å². The molecule has 0 heterocycles. The molecule has 0 fully saturated rings. The van der Waals surface area contributed by atoms with E-state index in [9.17, 15) is 13.2 Å². The van der Waals surface area contributed by atoms with Crippen LogP contribution < -0.4 is 0 Å². The molecule has 0 spiro atoms. The van der Waals surface area contributed by atoms with Gasteiger partial charge in [-0.1, -0.05) is 50.3 Å². The first-order chi connectivity index (χ1) is 11.2. The minimum absolute atomic E-state index is 0.104. The van der Waals surface area contributed by atoms with Gasteiger partial charge in [0.15, 0.2) is 9.84 Å². The summed E-state index contributed by atoms with van der Waals surface area (Å²) in [5.74, 6) is -0.213. The molecule has 0 aliphatic carbocycles. The van der Waals surface area contributed by atoms with Crippen molar-refractivity contribution < 1.29 is 17.9 Å². The summed E-state index contributed by atoms with van der Waals surface area (Å²) in [7, 11) is -3.17. The SMILES string of the molecule is CCC(=O)[C@@H](C)[C@@H](OCc1ccccc1)/C(C)=C/[C@H](C)S(C)(=O)=O. The lowest BCUT2D eigenvalue weighted by Gasteiger charge is -2.25. The summed E-state index contributed by atoms with van der Waals surface area (Å²) in [5, 5.41) is -0.607. The molecule has 0 aromatic heterocycles. The maximum absolute atomic E-state index is 12.1. The molecule has 0 unspecified atom stereocenters. The van der Waals surface area contributed by atoms with Crippen molar-refractivity contribution in [3.8, 4) is 0 Å². The fourth-order valence-corrected chi connectivity index (χ4v) is 2.97. The highest BCUT2D eigenvalue weighted by Crippen LogP contribution is 2.22. The first kappa shape index (κ1) is 20.6. The quantitative estimate of drug-likeness (QED) is 0.638. The maximum atomic E-state index is 12.1. The van der Waals surface area contributed by atoms with Gasteiger partial charge in [0.05, 0.1) is 18.0 Å². The normalized spacial score (nSPS) is 16.5. The molecule has 134 valence electrons. The van der Waals surface area contributed by atoms with E-state index in [1.807, 2.05) is 51.1 Å². The molecule has 0 saturated carbocycles. The van der Waals surface area contributed by atoms with Crippen molar-refractivity contribution in [2.45, 2.75) is 52.1 Å². The Balaban J connectivity index is 3.00. The van der Waals surface area contributed by atoms with Crippen LogP contribution in [0.15, 0.2) is 42.0 Å². The molecule has 3 atom stereocenters. The van der Waals surface area contributed by atoms with E-state index in [2.05, 4.69) is 0 Å². The largest absolute Gasteiger partial charge is 0.368 e. The topological polar surface area (TPSA) is 60.4 Å². The predicted octanol–water partition coefficient (Wildman–Crippen LogP) is 3.57. The van der Waals surface area contributed by atoms with Crippen LogP contribution in [0.4, 0.5) is 0 Å². The Kier molecular flexibility index (Phi) is 7.84. The Labute approximate surface area is 145 Å². The van der Waals surface area contributed by atoms with Crippen molar-refractivity contribution in [3.05, 3.63) is 47.5 Å². The molecule has 0 saturated heterocycles. The zero-order valence-corrected chi connectivity index (χ0v) is 16.0. The minimum atomic E-state index is -3.17. The highest BCUT2D eigenvalue weighted by molar-refractivity contribution is 7.91. The molecule has 5 heteroatoms. The summed E-state index contributed by atoms with van der Waals surface area (Å²) >= 11 is 0. The summed E-state index contributed by atoms with van der Waals surface area (Å²) in [6.45, 7) is 7.51. The second kappa shape index (κ2) is 9.14. The molecule has 1 aromatic carbocycles. The lowest BCUT2D eigenvalue weighted by atomic mass is 9.92. The Hall–Kier alpha value is -1.46. The van der Waals surface area contributed by atoms with Crippen LogP contribution >= 0.6 is 0 Å². The molecule has 24 heavy (non-hydrogen) atoms. The molecular formula is C19H28O4S. The molecule has 0 bridgehead atoms. The van der Waals surface area contributed by atoms with Crippen molar-refractivity contribution >= 4 is 15.6 Å². The van der Waals surface area contributed by atoms with Gasteiger partial charge in [0, 0.05) is 18.6 Å². The summed E-state index contributed by atoms with van der Waals surface area (Å²) in [4.78, 5) is 12.1. The number of hydrogen-bond donors (Lipinski definition) is 0. The fourth-order valence-electron chi connectivity index (χ4n) is 2.51. The molecule has 0 amide bonds. The van der Waals surface area contributed by atoms with Crippen LogP contribution in [-0.4, -0.2) is 31.8 Å². The van der Waals surface area contributed by atoms with Crippen LogP contribution in [0.2, 0.25) is 0 Å². The van der Waals surface area contributed by atoms with Gasteiger partial charge in [-0.2, -0.15) is 0 Å². The molecule has 0 N–H and O–H groups in total. The molecule has 0 aliphatic heterocycles. The zero-order valence-electron chi connectivity index (χ0n) is 15.2. The van der Waals surface area contributed by atoms with Crippen molar-refractivity contribution in [1.29, 1.82) is 0 Å².